The van der Waals surface area contributed by atoms with Crippen LogP contribution in [-0.4, -0.2) is 26.5 Å². The van der Waals surface area contributed by atoms with Crippen molar-refractivity contribution in [3.8, 4) is 33.6 Å². The van der Waals surface area contributed by atoms with Crippen molar-refractivity contribution < 1.29 is 0 Å². The molecule has 28 heavy (non-hydrogen) atoms. The summed E-state index contributed by atoms with van der Waals surface area (Å²) in [6.45, 7) is 1.07. The molecule has 5 N–H and O–H groups in total. The molecule has 1 saturated heterocycles. The zero-order valence-electron chi connectivity index (χ0n) is 15.4. The number of H-pyrrole nitrogens is 2. The van der Waals surface area contributed by atoms with E-state index >= 15 is 0 Å². The number of hydrogen-bond acceptors (Lipinski definition) is 4. The van der Waals surface area contributed by atoms with Crippen LogP contribution < -0.4 is 11.1 Å². The van der Waals surface area contributed by atoms with Crippen LogP contribution in [0.15, 0.2) is 60.9 Å². The Morgan fingerprint density at radius 1 is 0.750 bits per heavy atom. The van der Waals surface area contributed by atoms with Crippen LogP contribution in [0.1, 0.15) is 24.7 Å². The van der Waals surface area contributed by atoms with Crippen molar-refractivity contribution in [1.29, 1.82) is 0 Å². The molecule has 0 bridgehead atoms. The largest absolute Gasteiger partial charge is 0.369 e. The molecule has 3 heterocycles. The summed E-state index contributed by atoms with van der Waals surface area (Å²) >= 11 is 0. The average molecular weight is 370 g/mol. The molecule has 1 fully saturated rings. The number of rotatable bonds is 4. The van der Waals surface area contributed by atoms with Crippen molar-refractivity contribution in [2.45, 2.75) is 18.9 Å². The van der Waals surface area contributed by atoms with Crippen LogP contribution in [0.5, 0.6) is 0 Å². The fourth-order valence-corrected chi connectivity index (χ4v) is 3.75. The van der Waals surface area contributed by atoms with Crippen molar-refractivity contribution in [3.63, 3.8) is 0 Å². The lowest BCUT2D eigenvalue weighted by atomic mass is 10.0. The number of nitrogens with zero attached hydrogens (tertiary/aromatic N) is 2. The van der Waals surface area contributed by atoms with E-state index in [9.17, 15) is 0 Å². The number of nitrogens with two attached hydrogens (primary N) is 1. The van der Waals surface area contributed by atoms with E-state index in [1.807, 2.05) is 6.20 Å². The van der Waals surface area contributed by atoms with Gasteiger partial charge in [-0.3, -0.25) is 0 Å². The number of aromatic nitrogens is 4. The topological polar surface area (TPSA) is 95.4 Å². The number of nitrogen functional groups attached to an aromatic ring is 1. The third kappa shape index (κ3) is 3.18. The van der Waals surface area contributed by atoms with Crippen molar-refractivity contribution in [1.82, 2.24) is 25.3 Å². The molecule has 1 atom stereocenters. The monoisotopic (exact) mass is 370 g/mol. The van der Waals surface area contributed by atoms with Gasteiger partial charge in [0.15, 0.2) is 5.95 Å². The maximum absolute atomic E-state index is 5.66. The van der Waals surface area contributed by atoms with E-state index in [4.69, 9.17) is 5.73 Å². The second-order valence-corrected chi connectivity index (χ2v) is 7.17. The van der Waals surface area contributed by atoms with Gasteiger partial charge in [-0.15, -0.1) is 0 Å². The highest BCUT2D eigenvalue weighted by Crippen LogP contribution is 2.28. The van der Waals surface area contributed by atoms with E-state index in [1.165, 1.54) is 17.5 Å². The van der Waals surface area contributed by atoms with Crippen LogP contribution in [0.25, 0.3) is 33.6 Å². The summed E-state index contributed by atoms with van der Waals surface area (Å²) in [6.07, 6.45) is 6.03. The maximum Gasteiger partial charge on any atom is 0.197 e. The lowest BCUT2D eigenvalue weighted by Gasteiger charge is -2.06. The number of anilines is 1. The zero-order valence-corrected chi connectivity index (χ0v) is 15.4. The summed E-state index contributed by atoms with van der Waals surface area (Å²) in [6, 6.07) is 17.3. The van der Waals surface area contributed by atoms with Gasteiger partial charge in [0.1, 0.15) is 5.82 Å². The smallest absolute Gasteiger partial charge is 0.197 e. The second kappa shape index (κ2) is 6.98. The van der Waals surface area contributed by atoms with Crippen LogP contribution >= 0.6 is 0 Å². The number of hydrogen-bond donors (Lipinski definition) is 4. The first-order valence-corrected chi connectivity index (χ1v) is 9.56. The molecule has 0 aliphatic carbocycles. The van der Waals surface area contributed by atoms with E-state index in [0.29, 0.717) is 12.0 Å². The average Bonchev–Trinajstić information content (AvgIpc) is 3.49. The van der Waals surface area contributed by atoms with Gasteiger partial charge in [-0.05, 0) is 41.6 Å². The SMILES string of the molecule is Nc1ncc(-c2ccc(-c3ccc(-c4cnc([C@@H]5CCCN5)[nH]4)cc3)cc2)[nH]1. The van der Waals surface area contributed by atoms with Crippen LogP contribution in [-0.2, 0) is 0 Å². The summed E-state index contributed by atoms with van der Waals surface area (Å²) < 4.78 is 0. The molecule has 2 aromatic carbocycles. The first-order valence-electron chi connectivity index (χ1n) is 9.56. The van der Waals surface area contributed by atoms with E-state index in [0.717, 1.165) is 41.3 Å². The van der Waals surface area contributed by atoms with Gasteiger partial charge >= 0.3 is 0 Å². The van der Waals surface area contributed by atoms with Crippen molar-refractivity contribution in [2.24, 2.45) is 0 Å². The highest BCUT2D eigenvalue weighted by Gasteiger charge is 2.19. The maximum atomic E-state index is 5.66. The Morgan fingerprint density at radius 2 is 1.32 bits per heavy atom. The van der Waals surface area contributed by atoms with Crippen molar-refractivity contribution >= 4 is 5.95 Å². The third-order valence-electron chi connectivity index (χ3n) is 5.31. The molecule has 0 saturated carbocycles. The molecule has 6 heteroatoms. The minimum atomic E-state index is 0.358. The van der Waals surface area contributed by atoms with Crippen LogP contribution in [0.3, 0.4) is 0 Å². The normalized spacial score (nSPS) is 16.5. The van der Waals surface area contributed by atoms with Gasteiger partial charge in [0.05, 0.1) is 29.8 Å². The Hall–Kier alpha value is -3.38. The lowest BCUT2D eigenvalue weighted by Crippen LogP contribution is -2.14. The molecule has 2 aromatic heterocycles. The van der Waals surface area contributed by atoms with Crippen LogP contribution in [0.2, 0.25) is 0 Å². The molecule has 0 spiro atoms. The predicted molar refractivity (Wildman–Crippen MR) is 111 cm³/mol. The molecule has 4 aromatic rings. The lowest BCUT2D eigenvalue weighted by molar-refractivity contribution is 0.613. The van der Waals surface area contributed by atoms with Gasteiger partial charge < -0.3 is 21.0 Å². The van der Waals surface area contributed by atoms with E-state index < -0.39 is 0 Å². The van der Waals surface area contributed by atoms with Gasteiger partial charge in [0.25, 0.3) is 0 Å². The molecule has 0 unspecified atom stereocenters. The van der Waals surface area contributed by atoms with Gasteiger partial charge in [0, 0.05) is 0 Å². The summed E-state index contributed by atoms with van der Waals surface area (Å²) in [5, 5.41) is 3.48. The molecule has 5 rings (SSSR count). The van der Waals surface area contributed by atoms with Gasteiger partial charge in [-0.2, -0.15) is 0 Å². The summed E-state index contributed by atoms with van der Waals surface area (Å²) in [5.41, 5.74) is 12.2. The van der Waals surface area contributed by atoms with E-state index in [2.05, 4.69) is 73.8 Å². The van der Waals surface area contributed by atoms with Gasteiger partial charge in [0.2, 0.25) is 0 Å². The van der Waals surface area contributed by atoms with Crippen molar-refractivity contribution in [3.05, 3.63) is 66.7 Å². The Labute approximate surface area is 163 Å². The summed E-state index contributed by atoms with van der Waals surface area (Å²) in [7, 11) is 0. The van der Waals surface area contributed by atoms with Crippen LogP contribution in [0, 0.1) is 0 Å². The van der Waals surface area contributed by atoms with E-state index in [-0.39, 0.29) is 0 Å². The minimum Gasteiger partial charge on any atom is -0.369 e. The molecular formula is C22H22N6. The standard InChI is InChI=1S/C22H22N6/c23-22-26-13-20(28-22)17-9-5-15(6-10-17)14-3-7-16(8-4-14)19-12-25-21(27-19)18-2-1-11-24-18/h3-10,12-13,18,24H,1-2,11H2,(H,25,27)(H3,23,26,28)/t18-/m0/s1. The third-order valence-corrected chi connectivity index (χ3v) is 5.31. The fraction of sp³-hybridized carbons (Fsp3) is 0.182. The number of nitrogens with one attached hydrogen (secondary N) is 3. The first-order chi connectivity index (χ1) is 13.8. The summed E-state index contributed by atoms with van der Waals surface area (Å²) in [5.74, 6) is 1.46. The fourth-order valence-electron chi connectivity index (χ4n) is 3.75. The first kappa shape index (κ1) is 16.8. The Bertz CT molecular complexity index is 1070. The quantitative estimate of drug-likeness (QED) is 0.434. The highest BCUT2D eigenvalue weighted by molar-refractivity contribution is 5.71. The molecule has 1 aliphatic heterocycles. The molecule has 140 valence electrons. The van der Waals surface area contributed by atoms with Gasteiger partial charge in [-0.1, -0.05) is 48.5 Å². The number of benzene rings is 2. The van der Waals surface area contributed by atoms with E-state index in [1.54, 1.807) is 6.20 Å². The molecule has 6 nitrogen and oxygen atoms in total. The van der Waals surface area contributed by atoms with Crippen LogP contribution in [0.4, 0.5) is 5.95 Å². The molecular weight excluding hydrogens is 348 g/mol. The van der Waals surface area contributed by atoms with Gasteiger partial charge in [-0.25, -0.2) is 9.97 Å². The zero-order chi connectivity index (χ0) is 18.9. The predicted octanol–water partition coefficient (Wildman–Crippen LogP) is 4.14. The molecule has 0 amide bonds. The Kier molecular flexibility index (Phi) is 4.18. The molecule has 1 aliphatic rings. The highest BCUT2D eigenvalue weighted by atomic mass is 15.0. The number of aromatic amines is 2. The Morgan fingerprint density at radius 3 is 1.86 bits per heavy atom. The number of imidazole rings is 2. The second-order valence-electron chi connectivity index (χ2n) is 7.17. The molecule has 0 radical (unpaired) electrons. The Balaban J connectivity index is 1.35. The minimum absolute atomic E-state index is 0.358. The van der Waals surface area contributed by atoms with Crippen molar-refractivity contribution in [2.75, 3.05) is 12.3 Å². The summed E-state index contributed by atoms with van der Waals surface area (Å²) in [4.78, 5) is 15.1.